The lowest BCUT2D eigenvalue weighted by Gasteiger charge is -2.36. The van der Waals surface area contributed by atoms with Crippen molar-refractivity contribution >= 4 is 5.91 Å². The van der Waals surface area contributed by atoms with Crippen LogP contribution < -0.4 is 5.73 Å². The van der Waals surface area contributed by atoms with Gasteiger partial charge in [-0.25, -0.2) is 4.39 Å². The first-order valence-electron chi connectivity index (χ1n) is 7.49. The molecule has 3 rings (SSSR count). The van der Waals surface area contributed by atoms with Gasteiger partial charge in [-0.15, -0.1) is 0 Å². The largest absolute Gasteiger partial charge is 0.336 e. The number of halogens is 1. The monoisotopic (exact) mass is 298 g/mol. The number of hydrogen-bond acceptors (Lipinski definition) is 2. The van der Waals surface area contributed by atoms with E-state index < -0.39 is 0 Å². The predicted octanol–water partition coefficient (Wildman–Crippen LogP) is 2.78. The van der Waals surface area contributed by atoms with Crippen molar-refractivity contribution in [1.82, 2.24) is 4.90 Å². The molecular formula is C18H19FN2O. The Morgan fingerprint density at radius 2 is 1.86 bits per heavy atom. The molecular weight excluding hydrogens is 279 g/mol. The van der Waals surface area contributed by atoms with Crippen LogP contribution in [0.15, 0.2) is 54.6 Å². The smallest absolute Gasteiger partial charge is 0.253 e. The van der Waals surface area contributed by atoms with Gasteiger partial charge in [-0.05, 0) is 36.2 Å². The summed E-state index contributed by atoms with van der Waals surface area (Å²) in [6, 6.07) is 15.7. The number of hydrogen-bond donors (Lipinski definition) is 1. The van der Waals surface area contributed by atoms with Crippen molar-refractivity contribution in [3.05, 3.63) is 71.5 Å². The fourth-order valence-corrected chi connectivity index (χ4v) is 3.07. The third-order valence-corrected chi connectivity index (χ3v) is 4.11. The van der Waals surface area contributed by atoms with Gasteiger partial charge in [0.05, 0.1) is 0 Å². The molecule has 0 saturated carbocycles. The van der Waals surface area contributed by atoms with Gasteiger partial charge in [-0.3, -0.25) is 4.79 Å². The maximum Gasteiger partial charge on any atom is 0.253 e. The van der Waals surface area contributed by atoms with Gasteiger partial charge in [-0.1, -0.05) is 30.3 Å². The zero-order valence-electron chi connectivity index (χ0n) is 12.3. The summed E-state index contributed by atoms with van der Waals surface area (Å²) in [4.78, 5) is 14.4. The fourth-order valence-electron chi connectivity index (χ4n) is 3.07. The number of nitrogens with zero attached hydrogens (tertiary/aromatic N) is 1. The third-order valence-electron chi connectivity index (χ3n) is 4.11. The highest BCUT2D eigenvalue weighted by atomic mass is 19.1. The molecule has 0 spiro atoms. The van der Waals surface area contributed by atoms with Crippen LogP contribution in [0.3, 0.4) is 0 Å². The number of benzene rings is 2. The van der Waals surface area contributed by atoms with Crippen LogP contribution in [-0.2, 0) is 0 Å². The first kappa shape index (κ1) is 14.7. The first-order chi connectivity index (χ1) is 10.6. The van der Waals surface area contributed by atoms with E-state index >= 15 is 0 Å². The Hall–Kier alpha value is -2.20. The lowest BCUT2D eigenvalue weighted by molar-refractivity contribution is 0.0689. The maximum absolute atomic E-state index is 13.4. The summed E-state index contributed by atoms with van der Waals surface area (Å²) in [6.07, 6.45) is 0.766. The molecule has 3 nitrogen and oxygen atoms in total. The van der Waals surface area contributed by atoms with Crippen molar-refractivity contribution in [2.45, 2.75) is 18.4 Å². The fraction of sp³-hybridized carbons (Fsp3) is 0.278. The van der Waals surface area contributed by atoms with Crippen LogP contribution in [0.4, 0.5) is 4.39 Å². The van der Waals surface area contributed by atoms with Crippen LogP contribution in [0.1, 0.15) is 28.3 Å². The van der Waals surface area contributed by atoms with E-state index in [9.17, 15) is 9.18 Å². The number of carbonyl (C=O) groups excluding carboxylic acids is 1. The summed E-state index contributed by atoms with van der Waals surface area (Å²) in [6.45, 7) is 1.12. The highest BCUT2D eigenvalue weighted by molar-refractivity contribution is 5.94. The zero-order valence-corrected chi connectivity index (χ0v) is 12.3. The van der Waals surface area contributed by atoms with Crippen molar-refractivity contribution in [2.75, 3.05) is 13.1 Å². The molecule has 22 heavy (non-hydrogen) atoms. The van der Waals surface area contributed by atoms with Crippen LogP contribution in [0, 0.1) is 5.82 Å². The third kappa shape index (κ3) is 3.17. The van der Waals surface area contributed by atoms with Crippen molar-refractivity contribution in [1.29, 1.82) is 0 Å². The zero-order chi connectivity index (χ0) is 15.5. The summed E-state index contributed by atoms with van der Waals surface area (Å²) < 4.78 is 13.4. The molecule has 1 saturated heterocycles. The molecule has 4 heteroatoms. The molecule has 0 bridgehead atoms. The minimum atomic E-state index is -0.252. The maximum atomic E-state index is 13.4. The summed E-state index contributed by atoms with van der Waals surface area (Å²) in [5.74, 6) is -0.193. The van der Waals surface area contributed by atoms with Gasteiger partial charge in [-0.2, -0.15) is 0 Å². The number of amides is 1. The Morgan fingerprint density at radius 1 is 1.09 bits per heavy atom. The Morgan fingerprint density at radius 3 is 2.59 bits per heavy atom. The number of carbonyl (C=O) groups is 1. The number of piperidine rings is 1. The van der Waals surface area contributed by atoms with Gasteiger partial charge in [0.2, 0.25) is 0 Å². The lowest BCUT2D eigenvalue weighted by atomic mass is 9.88. The van der Waals surface area contributed by atoms with Gasteiger partial charge in [0.15, 0.2) is 0 Å². The molecule has 0 radical (unpaired) electrons. The van der Waals surface area contributed by atoms with Crippen LogP contribution >= 0.6 is 0 Å². The van der Waals surface area contributed by atoms with Gasteiger partial charge in [0, 0.05) is 30.6 Å². The summed E-state index contributed by atoms with van der Waals surface area (Å²) in [5.41, 5.74) is 7.68. The van der Waals surface area contributed by atoms with Crippen molar-refractivity contribution in [3.63, 3.8) is 0 Å². The van der Waals surface area contributed by atoms with Gasteiger partial charge in [0.1, 0.15) is 5.82 Å². The van der Waals surface area contributed by atoms with Gasteiger partial charge >= 0.3 is 0 Å². The van der Waals surface area contributed by atoms with E-state index in [1.54, 1.807) is 23.1 Å². The normalized spacial score (nSPS) is 21.6. The average molecular weight is 298 g/mol. The first-order valence-corrected chi connectivity index (χ1v) is 7.49. The highest BCUT2D eigenvalue weighted by Gasteiger charge is 2.29. The highest BCUT2D eigenvalue weighted by Crippen LogP contribution is 2.27. The molecule has 1 fully saturated rings. The van der Waals surface area contributed by atoms with Crippen molar-refractivity contribution in [2.24, 2.45) is 5.73 Å². The molecule has 1 aliphatic rings. The molecule has 114 valence electrons. The SMILES string of the molecule is NC1CC(c2cccc(F)c2)CN(C(=O)c2ccccc2)C1. The molecule has 2 unspecified atom stereocenters. The van der Waals surface area contributed by atoms with Crippen LogP contribution in [-0.4, -0.2) is 29.9 Å². The van der Waals surface area contributed by atoms with E-state index in [4.69, 9.17) is 5.73 Å². The van der Waals surface area contributed by atoms with Crippen molar-refractivity contribution in [3.8, 4) is 0 Å². The number of likely N-dealkylation sites (tertiary alicyclic amines) is 1. The molecule has 0 aromatic heterocycles. The van der Waals surface area contributed by atoms with Crippen LogP contribution in [0.2, 0.25) is 0 Å². The van der Waals surface area contributed by atoms with E-state index in [1.807, 2.05) is 24.3 Å². The molecule has 0 aliphatic carbocycles. The topological polar surface area (TPSA) is 46.3 Å². The molecule has 1 aliphatic heterocycles. The molecule has 1 heterocycles. The Labute approximate surface area is 129 Å². The summed E-state index contributed by atoms with van der Waals surface area (Å²) >= 11 is 0. The Balaban J connectivity index is 1.80. The molecule has 1 amide bonds. The summed E-state index contributed by atoms with van der Waals surface area (Å²) in [5, 5.41) is 0. The van der Waals surface area contributed by atoms with E-state index in [0.29, 0.717) is 18.7 Å². The summed E-state index contributed by atoms with van der Waals surface area (Å²) in [7, 11) is 0. The molecule has 2 atom stereocenters. The Bertz CT molecular complexity index is 659. The molecule has 2 aromatic carbocycles. The average Bonchev–Trinajstić information content (AvgIpc) is 2.54. The lowest BCUT2D eigenvalue weighted by Crippen LogP contribution is -2.48. The second-order valence-electron chi connectivity index (χ2n) is 5.82. The van der Waals surface area contributed by atoms with Crippen LogP contribution in [0.25, 0.3) is 0 Å². The van der Waals surface area contributed by atoms with Crippen molar-refractivity contribution < 1.29 is 9.18 Å². The van der Waals surface area contributed by atoms with Gasteiger partial charge in [0.25, 0.3) is 5.91 Å². The van der Waals surface area contributed by atoms with Gasteiger partial charge < -0.3 is 10.6 Å². The van der Waals surface area contributed by atoms with E-state index in [-0.39, 0.29) is 23.7 Å². The van der Waals surface area contributed by atoms with Crippen LogP contribution in [0.5, 0.6) is 0 Å². The van der Waals surface area contributed by atoms with E-state index in [0.717, 1.165) is 12.0 Å². The second kappa shape index (κ2) is 6.28. The second-order valence-corrected chi connectivity index (χ2v) is 5.82. The standard InChI is InChI=1S/C18H19FN2O/c19-16-8-4-7-14(9-16)15-10-17(20)12-21(11-15)18(22)13-5-2-1-3-6-13/h1-9,15,17H,10-12,20H2. The van der Waals surface area contributed by atoms with E-state index in [2.05, 4.69) is 0 Å². The number of rotatable bonds is 2. The van der Waals surface area contributed by atoms with E-state index in [1.165, 1.54) is 12.1 Å². The Kier molecular flexibility index (Phi) is 4.20. The number of nitrogens with two attached hydrogens (primary N) is 1. The minimum absolute atomic E-state index is 0.0165. The molecule has 2 N–H and O–H groups in total. The predicted molar refractivity (Wildman–Crippen MR) is 84.1 cm³/mol. The quantitative estimate of drug-likeness (QED) is 0.926. The minimum Gasteiger partial charge on any atom is -0.336 e. The molecule has 2 aromatic rings.